The third kappa shape index (κ3) is 3.91. The molecule has 8 nitrogen and oxygen atoms in total. The fourth-order valence-electron chi connectivity index (χ4n) is 5.14. The highest BCUT2D eigenvalue weighted by atomic mass is 16.7. The Morgan fingerprint density at radius 1 is 0.895 bits per heavy atom. The van der Waals surface area contributed by atoms with E-state index in [4.69, 9.17) is 14.2 Å². The highest BCUT2D eigenvalue weighted by Crippen LogP contribution is 2.38. The molecule has 3 heterocycles. The van der Waals surface area contributed by atoms with Crippen LogP contribution in [0.25, 0.3) is 11.0 Å². The summed E-state index contributed by atoms with van der Waals surface area (Å²) in [5.74, 6) is 2.03. The number of para-hydroxylation sites is 1. The van der Waals surface area contributed by atoms with Gasteiger partial charge in [0.15, 0.2) is 17.7 Å². The number of carbonyl (C=O) groups excluding carboxylic acids is 1. The second kappa shape index (κ2) is 9.23. The third-order valence-electron chi connectivity index (χ3n) is 7.04. The summed E-state index contributed by atoms with van der Waals surface area (Å²) in [6, 6.07) is 29.3. The maximum atomic E-state index is 14.0. The zero-order valence-electron chi connectivity index (χ0n) is 20.5. The first-order valence-electron chi connectivity index (χ1n) is 12.5. The number of fused-ring (bicyclic) bond motifs is 3. The quantitative estimate of drug-likeness (QED) is 0.324. The molecule has 1 atom stereocenters. The standard InChI is InChI=1S/C30H24N4O4/c35-30-24-12-11-23(36-18-20-6-2-1-3-7-20)16-21(24)14-15-33(30)29(22-10-13-27-28(17-22)38-19-37-27)34-26-9-5-4-8-25(26)31-32-34/h1-13,16-17,29H,14-15,18-19H2. The summed E-state index contributed by atoms with van der Waals surface area (Å²) >= 11 is 0. The lowest BCUT2D eigenvalue weighted by Gasteiger charge is -2.36. The fourth-order valence-corrected chi connectivity index (χ4v) is 5.14. The molecule has 2 aliphatic heterocycles. The first kappa shape index (κ1) is 22.4. The highest BCUT2D eigenvalue weighted by molar-refractivity contribution is 5.97. The smallest absolute Gasteiger partial charge is 0.256 e. The maximum absolute atomic E-state index is 14.0. The molecular formula is C30H24N4O4. The van der Waals surface area contributed by atoms with Crippen LogP contribution in [0.3, 0.4) is 0 Å². The summed E-state index contributed by atoms with van der Waals surface area (Å²) in [6.45, 7) is 1.17. The molecule has 0 saturated heterocycles. The largest absolute Gasteiger partial charge is 0.489 e. The van der Waals surface area contributed by atoms with Crippen molar-refractivity contribution < 1.29 is 19.0 Å². The van der Waals surface area contributed by atoms with Gasteiger partial charge in [-0.25, -0.2) is 4.68 Å². The van der Waals surface area contributed by atoms with E-state index in [0.29, 0.717) is 36.6 Å². The Labute approximate surface area is 219 Å². The average molecular weight is 505 g/mol. The van der Waals surface area contributed by atoms with Gasteiger partial charge in [0.2, 0.25) is 6.79 Å². The third-order valence-corrected chi connectivity index (χ3v) is 7.04. The maximum Gasteiger partial charge on any atom is 0.256 e. The van der Waals surface area contributed by atoms with E-state index in [1.165, 1.54) is 0 Å². The molecule has 5 aromatic rings. The van der Waals surface area contributed by atoms with Gasteiger partial charge in [0.05, 0.1) is 5.52 Å². The number of benzene rings is 4. The second-order valence-corrected chi connectivity index (χ2v) is 9.35. The monoisotopic (exact) mass is 504 g/mol. The minimum atomic E-state index is -0.508. The summed E-state index contributed by atoms with van der Waals surface area (Å²) in [6.07, 6.45) is 0.184. The van der Waals surface area contributed by atoms with Crippen LogP contribution in [0.5, 0.6) is 17.2 Å². The van der Waals surface area contributed by atoms with Crippen molar-refractivity contribution in [2.75, 3.05) is 13.3 Å². The lowest BCUT2D eigenvalue weighted by atomic mass is 9.97. The fraction of sp³-hybridized carbons (Fsp3) is 0.167. The predicted octanol–water partition coefficient (Wildman–Crippen LogP) is 4.98. The van der Waals surface area contributed by atoms with Crippen LogP contribution in [0.2, 0.25) is 0 Å². The Morgan fingerprint density at radius 3 is 2.66 bits per heavy atom. The second-order valence-electron chi connectivity index (χ2n) is 9.35. The Bertz CT molecular complexity index is 1650. The molecule has 0 N–H and O–H groups in total. The lowest BCUT2D eigenvalue weighted by Crippen LogP contribution is -2.43. The van der Waals surface area contributed by atoms with Gasteiger partial charge in [-0.15, -0.1) is 5.10 Å². The van der Waals surface area contributed by atoms with E-state index in [1.807, 2.05) is 101 Å². The summed E-state index contributed by atoms with van der Waals surface area (Å²) in [5.41, 5.74) is 5.22. The number of hydrogen-bond donors (Lipinski definition) is 0. The molecule has 0 aliphatic carbocycles. The van der Waals surface area contributed by atoms with Gasteiger partial charge in [-0.05, 0) is 60.0 Å². The van der Waals surface area contributed by atoms with Crippen LogP contribution < -0.4 is 14.2 Å². The van der Waals surface area contributed by atoms with Crippen LogP contribution in [0.15, 0.2) is 91.0 Å². The molecule has 0 bridgehead atoms. The van der Waals surface area contributed by atoms with Crippen LogP contribution in [0.4, 0.5) is 0 Å². The topological polar surface area (TPSA) is 78.7 Å². The predicted molar refractivity (Wildman–Crippen MR) is 140 cm³/mol. The SMILES string of the molecule is O=C1c2ccc(OCc3ccccc3)cc2CCN1C(c1ccc2c(c1)OCO2)n1nnc2ccccc21. The number of aromatic nitrogens is 3. The molecule has 1 unspecified atom stereocenters. The number of ether oxygens (including phenoxy) is 3. The first-order valence-corrected chi connectivity index (χ1v) is 12.5. The van der Waals surface area contributed by atoms with Crippen molar-refractivity contribution >= 4 is 16.9 Å². The van der Waals surface area contributed by atoms with E-state index in [1.54, 1.807) is 0 Å². The number of hydrogen-bond acceptors (Lipinski definition) is 6. The zero-order valence-corrected chi connectivity index (χ0v) is 20.5. The Kier molecular flexibility index (Phi) is 5.43. The molecule has 0 radical (unpaired) electrons. The minimum Gasteiger partial charge on any atom is -0.489 e. The molecule has 2 aliphatic rings. The van der Waals surface area contributed by atoms with Gasteiger partial charge < -0.3 is 19.1 Å². The van der Waals surface area contributed by atoms with E-state index in [2.05, 4.69) is 10.3 Å². The molecule has 188 valence electrons. The summed E-state index contributed by atoms with van der Waals surface area (Å²) in [4.78, 5) is 15.8. The molecule has 0 spiro atoms. The summed E-state index contributed by atoms with van der Waals surface area (Å²) < 4.78 is 19.0. The van der Waals surface area contributed by atoms with Gasteiger partial charge >= 0.3 is 0 Å². The molecule has 38 heavy (non-hydrogen) atoms. The van der Waals surface area contributed by atoms with Gasteiger partial charge in [0, 0.05) is 17.7 Å². The highest BCUT2D eigenvalue weighted by Gasteiger charge is 2.34. The van der Waals surface area contributed by atoms with Crippen LogP contribution in [-0.4, -0.2) is 39.1 Å². The van der Waals surface area contributed by atoms with Crippen LogP contribution >= 0.6 is 0 Å². The Morgan fingerprint density at radius 2 is 1.74 bits per heavy atom. The van der Waals surface area contributed by atoms with Crippen molar-refractivity contribution in [1.82, 2.24) is 19.9 Å². The summed E-state index contributed by atoms with van der Waals surface area (Å²) in [5, 5.41) is 8.84. The Balaban J connectivity index is 1.23. The lowest BCUT2D eigenvalue weighted by molar-refractivity contribution is 0.0612. The zero-order chi connectivity index (χ0) is 25.5. The molecule has 4 aromatic carbocycles. The molecule has 7 rings (SSSR count). The van der Waals surface area contributed by atoms with Crippen LogP contribution in [0.1, 0.15) is 33.2 Å². The minimum absolute atomic E-state index is 0.0666. The van der Waals surface area contributed by atoms with Gasteiger partial charge in [-0.1, -0.05) is 53.7 Å². The van der Waals surface area contributed by atoms with E-state index in [-0.39, 0.29) is 12.7 Å². The number of nitrogens with zero attached hydrogens (tertiary/aromatic N) is 4. The van der Waals surface area contributed by atoms with Crippen LogP contribution in [0, 0.1) is 0 Å². The van der Waals surface area contributed by atoms with Crippen molar-refractivity contribution in [2.45, 2.75) is 19.2 Å². The first-order chi connectivity index (χ1) is 18.7. The van der Waals surface area contributed by atoms with Gasteiger partial charge in [-0.3, -0.25) is 4.79 Å². The van der Waals surface area contributed by atoms with Crippen molar-refractivity contribution in [3.63, 3.8) is 0 Å². The molecule has 8 heteroatoms. The van der Waals surface area contributed by atoms with Crippen molar-refractivity contribution in [3.05, 3.63) is 113 Å². The molecular weight excluding hydrogens is 480 g/mol. The number of carbonyl (C=O) groups is 1. The van der Waals surface area contributed by atoms with Crippen molar-refractivity contribution in [1.29, 1.82) is 0 Å². The number of rotatable bonds is 6. The van der Waals surface area contributed by atoms with Crippen LogP contribution in [-0.2, 0) is 13.0 Å². The Hall–Kier alpha value is -4.85. The van der Waals surface area contributed by atoms with Crippen molar-refractivity contribution in [3.8, 4) is 17.2 Å². The molecule has 1 amide bonds. The molecule has 0 saturated carbocycles. The van der Waals surface area contributed by atoms with E-state index < -0.39 is 6.17 Å². The number of amides is 1. The van der Waals surface area contributed by atoms with Crippen molar-refractivity contribution in [2.24, 2.45) is 0 Å². The normalized spacial score (nSPS) is 14.9. The summed E-state index contributed by atoms with van der Waals surface area (Å²) in [7, 11) is 0. The molecule has 1 aromatic heterocycles. The van der Waals surface area contributed by atoms with Gasteiger partial charge in [0.1, 0.15) is 17.9 Å². The average Bonchev–Trinajstić information content (AvgIpc) is 3.61. The van der Waals surface area contributed by atoms with Gasteiger partial charge in [-0.2, -0.15) is 0 Å². The van der Waals surface area contributed by atoms with E-state index in [0.717, 1.165) is 33.5 Å². The van der Waals surface area contributed by atoms with E-state index in [9.17, 15) is 4.79 Å². The molecule has 0 fully saturated rings. The van der Waals surface area contributed by atoms with E-state index >= 15 is 0 Å². The van der Waals surface area contributed by atoms with Gasteiger partial charge in [0.25, 0.3) is 5.91 Å².